The zero-order valence-electron chi connectivity index (χ0n) is 16.7. The van der Waals surface area contributed by atoms with Crippen LogP contribution in [-0.4, -0.2) is 36.4 Å². The van der Waals surface area contributed by atoms with Crippen LogP contribution < -0.4 is 25.0 Å². The summed E-state index contributed by atoms with van der Waals surface area (Å²) in [4.78, 5) is 20.3. The molecule has 0 saturated carbocycles. The maximum absolute atomic E-state index is 12.1. The summed E-state index contributed by atoms with van der Waals surface area (Å²) in [6.45, 7) is 1.90. The summed E-state index contributed by atoms with van der Waals surface area (Å²) < 4.78 is 16.0. The minimum atomic E-state index is -0.459. The second-order valence-corrected chi connectivity index (χ2v) is 6.01. The summed E-state index contributed by atoms with van der Waals surface area (Å²) in [5, 5.41) is 6.71. The highest BCUT2D eigenvalue weighted by Crippen LogP contribution is 2.25. The van der Waals surface area contributed by atoms with Crippen molar-refractivity contribution in [1.29, 1.82) is 0 Å². The number of aromatic nitrogens is 2. The van der Waals surface area contributed by atoms with Crippen LogP contribution in [0.2, 0.25) is 0 Å². The lowest BCUT2D eigenvalue weighted by atomic mass is 10.2. The number of urea groups is 1. The number of hydrazone groups is 1. The number of carbonyl (C=O) groups is 1. The quantitative estimate of drug-likeness (QED) is 0.456. The number of nitrogens with one attached hydrogen (secondary N) is 2. The van der Waals surface area contributed by atoms with Crippen LogP contribution >= 0.6 is 0 Å². The van der Waals surface area contributed by atoms with E-state index in [1.807, 2.05) is 37.3 Å². The fraction of sp³-hybridized carbons (Fsp3) is 0.143. The predicted octanol–water partition coefficient (Wildman–Crippen LogP) is 3.75. The Balaban J connectivity index is 1.69. The van der Waals surface area contributed by atoms with Gasteiger partial charge in [0.05, 0.1) is 26.5 Å². The van der Waals surface area contributed by atoms with Gasteiger partial charge in [-0.3, -0.25) is 0 Å². The smallest absolute Gasteiger partial charge is 0.339 e. The molecule has 2 amide bonds. The molecule has 0 aliphatic heterocycles. The van der Waals surface area contributed by atoms with Crippen molar-refractivity contribution in [1.82, 2.24) is 15.4 Å². The molecule has 3 aromatic rings. The van der Waals surface area contributed by atoms with E-state index in [1.165, 1.54) is 26.5 Å². The average molecular weight is 407 g/mol. The second kappa shape index (κ2) is 9.87. The Hall–Kier alpha value is -4.14. The van der Waals surface area contributed by atoms with Gasteiger partial charge in [-0.2, -0.15) is 15.1 Å². The van der Waals surface area contributed by atoms with Gasteiger partial charge in [-0.1, -0.05) is 30.3 Å². The molecule has 0 aliphatic rings. The maximum Gasteiger partial charge on any atom is 0.339 e. The van der Waals surface area contributed by atoms with Crippen molar-refractivity contribution in [2.24, 2.45) is 5.10 Å². The van der Waals surface area contributed by atoms with Gasteiger partial charge in [0, 0.05) is 11.3 Å². The molecule has 2 N–H and O–H groups in total. The number of nitrogens with zero attached hydrogens (tertiary/aromatic N) is 3. The lowest BCUT2D eigenvalue weighted by Gasteiger charge is -2.09. The van der Waals surface area contributed by atoms with Crippen molar-refractivity contribution in [3.63, 3.8) is 0 Å². The number of rotatable bonds is 7. The molecule has 0 atom stereocenters. The molecule has 1 heterocycles. The van der Waals surface area contributed by atoms with Gasteiger partial charge in [0.25, 0.3) is 0 Å². The van der Waals surface area contributed by atoms with Crippen LogP contribution in [0, 0.1) is 6.92 Å². The van der Waals surface area contributed by atoms with E-state index in [2.05, 4.69) is 25.8 Å². The Morgan fingerprint density at radius 3 is 2.37 bits per heavy atom. The van der Waals surface area contributed by atoms with Crippen molar-refractivity contribution in [2.45, 2.75) is 6.92 Å². The second-order valence-electron chi connectivity index (χ2n) is 6.01. The third-order valence-electron chi connectivity index (χ3n) is 3.96. The molecule has 0 unspecified atom stereocenters. The SMILES string of the molecule is COc1cc(OC)nc(Oc2ccccc2C=NNC(=O)Nc2ccccc2C)n1. The third kappa shape index (κ3) is 5.44. The van der Waals surface area contributed by atoms with Crippen molar-refractivity contribution < 1.29 is 19.0 Å². The number of benzene rings is 2. The molecule has 30 heavy (non-hydrogen) atoms. The van der Waals surface area contributed by atoms with Gasteiger partial charge in [-0.05, 0) is 30.7 Å². The van der Waals surface area contributed by atoms with Gasteiger partial charge in [0.2, 0.25) is 11.8 Å². The van der Waals surface area contributed by atoms with E-state index in [1.54, 1.807) is 18.2 Å². The van der Waals surface area contributed by atoms with Crippen LogP contribution in [0.1, 0.15) is 11.1 Å². The Labute approximate surface area is 173 Å². The molecule has 0 radical (unpaired) electrons. The van der Waals surface area contributed by atoms with Crippen molar-refractivity contribution >= 4 is 17.9 Å². The Morgan fingerprint density at radius 1 is 1.00 bits per heavy atom. The van der Waals surface area contributed by atoms with E-state index in [9.17, 15) is 4.79 Å². The fourth-order valence-corrected chi connectivity index (χ4v) is 2.44. The van der Waals surface area contributed by atoms with Crippen LogP contribution in [0.3, 0.4) is 0 Å². The molecule has 9 heteroatoms. The number of amides is 2. The van der Waals surface area contributed by atoms with E-state index < -0.39 is 6.03 Å². The first-order valence-electron chi connectivity index (χ1n) is 8.98. The zero-order valence-corrected chi connectivity index (χ0v) is 16.7. The first-order valence-corrected chi connectivity index (χ1v) is 8.98. The van der Waals surface area contributed by atoms with Crippen LogP contribution in [-0.2, 0) is 0 Å². The number of para-hydroxylation sites is 2. The highest BCUT2D eigenvalue weighted by molar-refractivity contribution is 5.91. The lowest BCUT2D eigenvalue weighted by Crippen LogP contribution is -2.24. The number of hydrogen-bond donors (Lipinski definition) is 2. The number of carbonyl (C=O) groups excluding carboxylic acids is 1. The average Bonchev–Trinajstić information content (AvgIpc) is 2.76. The molecule has 3 rings (SSSR count). The number of aryl methyl sites for hydroxylation is 1. The van der Waals surface area contributed by atoms with Crippen LogP contribution in [0.4, 0.5) is 10.5 Å². The van der Waals surface area contributed by atoms with Gasteiger partial charge in [0.1, 0.15) is 5.75 Å². The normalized spacial score (nSPS) is 10.5. The van der Waals surface area contributed by atoms with Gasteiger partial charge in [0.15, 0.2) is 0 Å². The molecule has 2 aromatic carbocycles. The summed E-state index contributed by atoms with van der Waals surface area (Å²) in [6, 6.07) is 15.7. The molecule has 0 aliphatic carbocycles. The molecule has 1 aromatic heterocycles. The van der Waals surface area contributed by atoms with Crippen LogP contribution in [0.5, 0.6) is 23.5 Å². The van der Waals surface area contributed by atoms with Crippen LogP contribution in [0.15, 0.2) is 59.7 Å². The minimum absolute atomic E-state index is 0.0531. The Kier molecular flexibility index (Phi) is 6.78. The minimum Gasteiger partial charge on any atom is -0.481 e. The summed E-state index contributed by atoms with van der Waals surface area (Å²) in [6.07, 6.45) is 1.46. The highest BCUT2D eigenvalue weighted by atomic mass is 16.5. The van der Waals surface area contributed by atoms with E-state index in [0.717, 1.165) is 5.56 Å². The Bertz CT molecular complexity index is 1030. The van der Waals surface area contributed by atoms with E-state index >= 15 is 0 Å². The summed E-state index contributed by atoms with van der Waals surface area (Å²) in [5.41, 5.74) is 4.69. The predicted molar refractivity (Wildman–Crippen MR) is 113 cm³/mol. The molecular weight excluding hydrogens is 386 g/mol. The number of hydrogen-bond acceptors (Lipinski definition) is 7. The van der Waals surface area contributed by atoms with Gasteiger partial charge in [-0.15, -0.1) is 0 Å². The molecule has 9 nitrogen and oxygen atoms in total. The third-order valence-corrected chi connectivity index (χ3v) is 3.96. The molecular formula is C21H21N5O4. The van der Waals surface area contributed by atoms with Crippen molar-refractivity contribution in [2.75, 3.05) is 19.5 Å². The van der Waals surface area contributed by atoms with E-state index in [4.69, 9.17) is 14.2 Å². The molecule has 0 bridgehead atoms. The fourth-order valence-electron chi connectivity index (χ4n) is 2.44. The topological polar surface area (TPSA) is 107 Å². The standard InChI is InChI=1S/C21H21N5O4/c1-14-8-4-6-10-16(14)23-20(27)26-22-13-15-9-5-7-11-17(15)30-21-24-18(28-2)12-19(25-21)29-3/h4-13H,1-3H3,(H2,23,26,27). The number of methoxy groups -OCH3 is 2. The van der Waals surface area contributed by atoms with E-state index in [-0.39, 0.29) is 6.01 Å². The first kappa shape index (κ1) is 20.6. The molecule has 154 valence electrons. The van der Waals surface area contributed by atoms with Gasteiger partial charge in [-0.25, -0.2) is 10.2 Å². The summed E-state index contributed by atoms with van der Waals surface area (Å²) in [5.74, 6) is 1.05. The zero-order chi connectivity index (χ0) is 21.3. The number of ether oxygens (including phenoxy) is 3. The molecule has 0 saturated heterocycles. The first-order chi connectivity index (χ1) is 14.6. The molecule has 0 fully saturated rings. The summed E-state index contributed by atoms with van der Waals surface area (Å²) in [7, 11) is 2.97. The van der Waals surface area contributed by atoms with Crippen molar-refractivity contribution in [3.05, 3.63) is 65.7 Å². The van der Waals surface area contributed by atoms with Gasteiger partial charge < -0.3 is 19.5 Å². The van der Waals surface area contributed by atoms with Gasteiger partial charge >= 0.3 is 12.0 Å². The van der Waals surface area contributed by atoms with Crippen LogP contribution in [0.25, 0.3) is 0 Å². The largest absolute Gasteiger partial charge is 0.481 e. The lowest BCUT2D eigenvalue weighted by molar-refractivity contribution is 0.252. The summed E-state index contributed by atoms with van der Waals surface area (Å²) >= 11 is 0. The van der Waals surface area contributed by atoms with Crippen molar-refractivity contribution in [3.8, 4) is 23.5 Å². The maximum atomic E-state index is 12.1. The van der Waals surface area contributed by atoms with E-state index in [0.29, 0.717) is 28.8 Å². The molecule has 0 spiro atoms. The monoisotopic (exact) mass is 407 g/mol. The highest BCUT2D eigenvalue weighted by Gasteiger charge is 2.10. The Morgan fingerprint density at radius 2 is 1.67 bits per heavy atom. The number of anilines is 1.